The number of nitrogens with one attached hydrogen (secondary N) is 1. The Kier molecular flexibility index (Phi) is 4.36. The molecule has 0 aliphatic heterocycles. The van der Waals surface area contributed by atoms with Crippen LogP contribution in [-0.4, -0.2) is 15.1 Å². The number of hydrogen-bond donors (Lipinski definition) is 1. The first-order valence-electron chi connectivity index (χ1n) is 6.47. The maximum Gasteiger partial charge on any atom is 0.0948 e. The van der Waals surface area contributed by atoms with Crippen molar-refractivity contribution in [2.75, 3.05) is 0 Å². The Balaban J connectivity index is 2.55. The Morgan fingerprint density at radius 1 is 1.24 bits per heavy atom. The maximum atomic E-state index is 4.19. The lowest BCUT2D eigenvalue weighted by atomic mass is 9.82. The second-order valence-corrected chi connectivity index (χ2v) is 6.65. The minimum atomic E-state index is 0.154. The van der Waals surface area contributed by atoms with E-state index in [2.05, 4.69) is 56.4 Å². The van der Waals surface area contributed by atoms with Crippen LogP contribution in [0, 0.1) is 5.41 Å². The molecule has 0 unspecified atom stereocenters. The number of hydrogen-bond acceptors (Lipinski definition) is 2. The Bertz CT molecular complexity index is 345. The fourth-order valence-corrected chi connectivity index (χ4v) is 2.50. The predicted octanol–water partition coefficient (Wildman–Crippen LogP) is 3.21. The third-order valence-corrected chi connectivity index (χ3v) is 2.86. The van der Waals surface area contributed by atoms with Gasteiger partial charge in [0.2, 0.25) is 0 Å². The maximum absolute atomic E-state index is 4.19. The number of aromatic nitrogens is 2. The van der Waals surface area contributed by atoms with Crippen LogP contribution < -0.4 is 5.32 Å². The summed E-state index contributed by atoms with van der Waals surface area (Å²) < 4.78 is 2.18. The highest BCUT2D eigenvalue weighted by Gasteiger charge is 2.24. The molecule has 3 heteroatoms. The minimum Gasteiger partial charge on any atom is -0.334 e. The zero-order valence-electron chi connectivity index (χ0n) is 12.2. The highest BCUT2D eigenvalue weighted by molar-refractivity contribution is 4.99. The van der Waals surface area contributed by atoms with E-state index in [0.717, 1.165) is 19.5 Å². The van der Waals surface area contributed by atoms with E-state index in [1.165, 1.54) is 5.69 Å². The van der Waals surface area contributed by atoms with Gasteiger partial charge < -0.3 is 9.88 Å². The largest absolute Gasteiger partial charge is 0.334 e. The molecule has 1 heterocycles. The highest BCUT2D eigenvalue weighted by atomic mass is 15.1. The van der Waals surface area contributed by atoms with Crippen LogP contribution in [0.25, 0.3) is 0 Å². The van der Waals surface area contributed by atoms with Crippen molar-refractivity contribution in [2.45, 2.75) is 66.6 Å². The van der Waals surface area contributed by atoms with Gasteiger partial charge in [0.15, 0.2) is 0 Å². The Morgan fingerprint density at radius 3 is 2.41 bits per heavy atom. The summed E-state index contributed by atoms with van der Waals surface area (Å²) >= 11 is 0. The van der Waals surface area contributed by atoms with Crippen LogP contribution in [0.5, 0.6) is 0 Å². The number of imidazole rings is 1. The molecule has 0 atom stereocenters. The quantitative estimate of drug-likeness (QED) is 0.852. The second-order valence-electron chi connectivity index (χ2n) is 6.65. The molecule has 17 heavy (non-hydrogen) atoms. The molecule has 1 N–H and O–H groups in total. The molecule has 3 nitrogen and oxygen atoms in total. The van der Waals surface area contributed by atoms with E-state index in [9.17, 15) is 0 Å². The van der Waals surface area contributed by atoms with Crippen LogP contribution in [0.4, 0.5) is 0 Å². The molecule has 1 aromatic rings. The average Bonchev–Trinajstić information content (AvgIpc) is 2.58. The van der Waals surface area contributed by atoms with Crippen LogP contribution in [0.15, 0.2) is 12.5 Å². The number of nitrogens with zero attached hydrogens (tertiary/aromatic N) is 2. The summed E-state index contributed by atoms with van der Waals surface area (Å²) in [5.41, 5.74) is 1.76. The number of aryl methyl sites for hydroxylation is 1. The van der Waals surface area contributed by atoms with Gasteiger partial charge in [0, 0.05) is 24.8 Å². The van der Waals surface area contributed by atoms with Gasteiger partial charge in [-0.25, -0.2) is 4.98 Å². The monoisotopic (exact) mass is 237 g/mol. The van der Waals surface area contributed by atoms with Crippen molar-refractivity contribution in [3.8, 4) is 0 Å². The summed E-state index contributed by atoms with van der Waals surface area (Å²) in [6, 6.07) is 0. The van der Waals surface area contributed by atoms with E-state index in [4.69, 9.17) is 0 Å². The minimum absolute atomic E-state index is 0.154. The summed E-state index contributed by atoms with van der Waals surface area (Å²) in [5.74, 6) is 0. The zero-order valence-corrected chi connectivity index (χ0v) is 12.2. The lowest BCUT2D eigenvalue weighted by Crippen LogP contribution is -2.42. The smallest absolute Gasteiger partial charge is 0.0948 e. The third-order valence-electron chi connectivity index (χ3n) is 2.86. The van der Waals surface area contributed by atoms with Gasteiger partial charge in [0.25, 0.3) is 0 Å². The fraction of sp³-hybridized carbons (Fsp3) is 0.786. The molecule has 0 bridgehead atoms. The SMILES string of the molecule is CCn1cncc1CNC(C)(C)CC(C)(C)C. The van der Waals surface area contributed by atoms with Gasteiger partial charge in [-0.05, 0) is 32.6 Å². The highest BCUT2D eigenvalue weighted by Crippen LogP contribution is 2.26. The Hall–Kier alpha value is -0.830. The van der Waals surface area contributed by atoms with Gasteiger partial charge in [0.05, 0.1) is 12.0 Å². The van der Waals surface area contributed by atoms with Crippen LogP contribution >= 0.6 is 0 Å². The summed E-state index contributed by atoms with van der Waals surface area (Å²) in [4.78, 5) is 4.19. The lowest BCUT2D eigenvalue weighted by Gasteiger charge is -2.33. The Labute approximate surface area is 106 Å². The van der Waals surface area contributed by atoms with Gasteiger partial charge in [-0.3, -0.25) is 0 Å². The van der Waals surface area contributed by atoms with Crippen LogP contribution in [-0.2, 0) is 13.1 Å². The molecular formula is C14H27N3. The van der Waals surface area contributed by atoms with Gasteiger partial charge in [-0.15, -0.1) is 0 Å². The average molecular weight is 237 g/mol. The first-order chi connectivity index (χ1) is 7.73. The van der Waals surface area contributed by atoms with Crippen molar-refractivity contribution in [2.24, 2.45) is 5.41 Å². The van der Waals surface area contributed by atoms with Crippen molar-refractivity contribution in [3.63, 3.8) is 0 Å². The molecule has 0 aliphatic rings. The Morgan fingerprint density at radius 2 is 1.88 bits per heavy atom. The van der Waals surface area contributed by atoms with Crippen LogP contribution in [0.1, 0.15) is 53.7 Å². The van der Waals surface area contributed by atoms with Crippen molar-refractivity contribution >= 4 is 0 Å². The molecule has 0 saturated heterocycles. The van der Waals surface area contributed by atoms with E-state index in [0.29, 0.717) is 5.41 Å². The van der Waals surface area contributed by atoms with Crippen LogP contribution in [0.2, 0.25) is 0 Å². The van der Waals surface area contributed by atoms with Gasteiger partial charge in [-0.2, -0.15) is 0 Å². The normalized spacial score (nSPS) is 13.1. The van der Waals surface area contributed by atoms with Crippen molar-refractivity contribution < 1.29 is 0 Å². The summed E-state index contributed by atoms with van der Waals surface area (Å²) in [5, 5.41) is 3.63. The van der Waals surface area contributed by atoms with E-state index < -0.39 is 0 Å². The molecule has 0 spiro atoms. The van der Waals surface area contributed by atoms with Crippen molar-refractivity contribution in [1.82, 2.24) is 14.9 Å². The summed E-state index contributed by atoms with van der Waals surface area (Å²) in [6.45, 7) is 15.4. The zero-order chi connectivity index (χ0) is 13.1. The summed E-state index contributed by atoms with van der Waals surface area (Å²) in [7, 11) is 0. The first kappa shape index (κ1) is 14.2. The predicted molar refractivity (Wildman–Crippen MR) is 72.9 cm³/mol. The van der Waals surface area contributed by atoms with Gasteiger partial charge in [0.1, 0.15) is 0 Å². The standard InChI is InChI=1S/C14H27N3/c1-7-17-11-15-8-12(17)9-16-14(5,6)10-13(2,3)4/h8,11,16H,7,9-10H2,1-6H3. The van der Waals surface area contributed by atoms with Crippen molar-refractivity contribution in [3.05, 3.63) is 18.2 Å². The van der Waals surface area contributed by atoms with Crippen molar-refractivity contribution in [1.29, 1.82) is 0 Å². The topological polar surface area (TPSA) is 29.9 Å². The van der Waals surface area contributed by atoms with Gasteiger partial charge in [-0.1, -0.05) is 20.8 Å². The van der Waals surface area contributed by atoms with Gasteiger partial charge >= 0.3 is 0 Å². The lowest BCUT2D eigenvalue weighted by molar-refractivity contribution is 0.239. The van der Waals surface area contributed by atoms with E-state index in [-0.39, 0.29) is 5.54 Å². The molecule has 1 rings (SSSR count). The molecule has 0 amide bonds. The molecule has 0 radical (unpaired) electrons. The van der Waals surface area contributed by atoms with E-state index >= 15 is 0 Å². The molecule has 0 aliphatic carbocycles. The van der Waals surface area contributed by atoms with E-state index in [1.54, 1.807) is 0 Å². The molecule has 0 aromatic carbocycles. The number of rotatable bonds is 5. The first-order valence-corrected chi connectivity index (χ1v) is 6.47. The molecule has 0 fully saturated rings. The third kappa shape index (κ3) is 4.90. The van der Waals surface area contributed by atoms with E-state index in [1.807, 2.05) is 12.5 Å². The molecular weight excluding hydrogens is 210 g/mol. The molecule has 0 saturated carbocycles. The second kappa shape index (κ2) is 5.21. The molecule has 98 valence electrons. The molecule has 1 aromatic heterocycles. The van der Waals surface area contributed by atoms with Crippen LogP contribution in [0.3, 0.4) is 0 Å². The fourth-order valence-electron chi connectivity index (χ4n) is 2.50. The summed E-state index contributed by atoms with van der Waals surface area (Å²) in [6.07, 6.45) is 5.00.